The standard InChI is InChI=1S/C9H12N2O2S/c12-9(13)5-14-4-8-3-10-6-11(8)7-1-2-7/h3,6-7H,1-2,4-5H2,(H,12,13). The number of carboxylic acids is 1. The number of thioether (sulfide) groups is 1. The maximum Gasteiger partial charge on any atom is 0.313 e. The maximum absolute atomic E-state index is 10.3. The first-order valence-electron chi connectivity index (χ1n) is 4.57. The van der Waals surface area contributed by atoms with Crippen LogP contribution in [0, 0.1) is 0 Å². The van der Waals surface area contributed by atoms with Crippen LogP contribution in [0.15, 0.2) is 12.5 Å². The van der Waals surface area contributed by atoms with E-state index in [9.17, 15) is 4.79 Å². The lowest BCUT2D eigenvalue weighted by molar-refractivity contribution is -0.133. The molecule has 1 heterocycles. The number of imidazole rings is 1. The molecule has 1 aliphatic rings. The molecule has 76 valence electrons. The van der Waals surface area contributed by atoms with Gasteiger partial charge in [0.1, 0.15) is 0 Å². The van der Waals surface area contributed by atoms with Crippen molar-refractivity contribution in [2.75, 3.05) is 5.75 Å². The summed E-state index contributed by atoms with van der Waals surface area (Å²) in [6.45, 7) is 0. The highest BCUT2D eigenvalue weighted by molar-refractivity contribution is 7.99. The van der Waals surface area contributed by atoms with Crippen LogP contribution < -0.4 is 0 Å². The first-order valence-corrected chi connectivity index (χ1v) is 5.73. The topological polar surface area (TPSA) is 55.1 Å². The van der Waals surface area contributed by atoms with Crippen LogP contribution in [0.2, 0.25) is 0 Å². The van der Waals surface area contributed by atoms with Crippen LogP contribution >= 0.6 is 11.8 Å². The summed E-state index contributed by atoms with van der Waals surface area (Å²) >= 11 is 1.42. The van der Waals surface area contributed by atoms with E-state index in [-0.39, 0.29) is 5.75 Å². The van der Waals surface area contributed by atoms with Gasteiger partial charge in [0, 0.05) is 23.7 Å². The Morgan fingerprint density at radius 3 is 3.14 bits per heavy atom. The van der Waals surface area contributed by atoms with Crippen molar-refractivity contribution in [2.45, 2.75) is 24.6 Å². The Labute approximate surface area is 86.3 Å². The first kappa shape index (κ1) is 9.58. The Morgan fingerprint density at radius 2 is 2.50 bits per heavy atom. The number of hydrogen-bond acceptors (Lipinski definition) is 3. The molecular weight excluding hydrogens is 200 g/mol. The number of aliphatic carboxylic acids is 1. The molecule has 2 rings (SSSR count). The van der Waals surface area contributed by atoms with Crippen LogP contribution in [0.3, 0.4) is 0 Å². The van der Waals surface area contributed by atoms with Gasteiger partial charge in [0.25, 0.3) is 0 Å². The molecule has 0 bridgehead atoms. The molecule has 0 aliphatic heterocycles. The van der Waals surface area contributed by atoms with E-state index in [1.54, 1.807) is 0 Å². The summed E-state index contributed by atoms with van der Waals surface area (Å²) in [5.41, 5.74) is 1.14. The van der Waals surface area contributed by atoms with Crippen molar-refractivity contribution in [2.24, 2.45) is 0 Å². The van der Waals surface area contributed by atoms with E-state index < -0.39 is 5.97 Å². The highest BCUT2D eigenvalue weighted by Gasteiger charge is 2.24. The largest absolute Gasteiger partial charge is 0.481 e. The molecule has 0 unspecified atom stereocenters. The zero-order valence-corrected chi connectivity index (χ0v) is 8.54. The summed E-state index contributed by atoms with van der Waals surface area (Å²) in [7, 11) is 0. The minimum atomic E-state index is -0.757. The van der Waals surface area contributed by atoms with Crippen molar-refractivity contribution >= 4 is 17.7 Å². The first-order chi connectivity index (χ1) is 6.77. The van der Waals surface area contributed by atoms with Gasteiger partial charge in [-0.3, -0.25) is 4.79 Å². The second-order valence-electron chi connectivity index (χ2n) is 3.41. The summed E-state index contributed by atoms with van der Waals surface area (Å²) in [6, 6.07) is 0.623. The van der Waals surface area contributed by atoms with Gasteiger partial charge in [-0.05, 0) is 12.8 Å². The number of hydrogen-bond donors (Lipinski definition) is 1. The highest BCUT2D eigenvalue weighted by Crippen LogP contribution is 2.36. The second-order valence-corrected chi connectivity index (χ2v) is 4.40. The lowest BCUT2D eigenvalue weighted by Crippen LogP contribution is -2.01. The average Bonchev–Trinajstić information content (AvgIpc) is 2.87. The lowest BCUT2D eigenvalue weighted by atomic mass is 10.5. The van der Waals surface area contributed by atoms with Crippen molar-refractivity contribution in [1.82, 2.24) is 9.55 Å². The van der Waals surface area contributed by atoms with Gasteiger partial charge in [-0.15, -0.1) is 11.8 Å². The summed E-state index contributed by atoms with van der Waals surface area (Å²) < 4.78 is 2.16. The fourth-order valence-electron chi connectivity index (χ4n) is 1.37. The number of carboxylic acid groups (broad SMARTS) is 1. The summed E-state index contributed by atoms with van der Waals surface area (Å²) in [4.78, 5) is 14.4. The van der Waals surface area contributed by atoms with Gasteiger partial charge in [0.05, 0.1) is 12.1 Å². The molecule has 4 nitrogen and oxygen atoms in total. The Balaban J connectivity index is 1.88. The Hall–Kier alpha value is -0.970. The minimum absolute atomic E-state index is 0.163. The van der Waals surface area contributed by atoms with Crippen LogP contribution in [0.25, 0.3) is 0 Å². The second kappa shape index (κ2) is 4.04. The molecule has 0 spiro atoms. The minimum Gasteiger partial charge on any atom is -0.481 e. The maximum atomic E-state index is 10.3. The molecule has 1 aromatic heterocycles. The molecule has 1 fully saturated rings. The Kier molecular flexibility index (Phi) is 2.77. The van der Waals surface area contributed by atoms with Crippen LogP contribution in [-0.4, -0.2) is 26.4 Å². The fourth-order valence-corrected chi connectivity index (χ4v) is 2.08. The van der Waals surface area contributed by atoms with E-state index in [1.165, 1.54) is 24.6 Å². The average molecular weight is 212 g/mol. The molecule has 0 atom stereocenters. The molecular formula is C9H12N2O2S. The zero-order chi connectivity index (χ0) is 9.97. The van der Waals surface area contributed by atoms with Crippen LogP contribution in [0.5, 0.6) is 0 Å². The van der Waals surface area contributed by atoms with E-state index in [0.29, 0.717) is 6.04 Å². The van der Waals surface area contributed by atoms with E-state index in [2.05, 4.69) is 9.55 Å². The molecule has 14 heavy (non-hydrogen) atoms. The number of nitrogens with zero attached hydrogens (tertiary/aromatic N) is 2. The third-order valence-corrected chi connectivity index (χ3v) is 3.11. The lowest BCUT2D eigenvalue weighted by Gasteiger charge is -2.04. The molecule has 0 radical (unpaired) electrons. The predicted octanol–water partition coefficient (Wildman–Crippen LogP) is 1.54. The predicted molar refractivity (Wildman–Crippen MR) is 54.3 cm³/mol. The third-order valence-electron chi connectivity index (χ3n) is 2.16. The molecule has 1 aromatic rings. The molecule has 0 saturated heterocycles. The SMILES string of the molecule is O=C(O)CSCc1cncn1C1CC1. The van der Waals surface area contributed by atoms with Gasteiger partial charge in [-0.25, -0.2) is 4.98 Å². The van der Waals surface area contributed by atoms with E-state index in [0.717, 1.165) is 11.4 Å². The van der Waals surface area contributed by atoms with Gasteiger partial charge >= 0.3 is 5.97 Å². The van der Waals surface area contributed by atoms with Crippen molar-refractivity contribution < 1.29 is 9.90 Å². The van der Waals surface area contributed by atoms with Gasteiger partial charge in [0.2, 0.25) is 0 Å². The summed E-state index contributed by atoms with van der Waals surface area (Å²) in [5.74, 6) is 0.144. The monoisotopic (exact) mass is 212 g/mol. The smallest absolute Gasteiger partial charge is 0.313 e. The van der Waals surface area contributed by atoms with Crippen molar-refractivity contribution in [3.8, 4) is 0 Å². The van der Waals surface area contributed by atoms with Crippen molar-refractivity contribution in [3.63, 3.8) is 0 Å². The van der Waals surface area contributed by atoms with Gasteiger partial charge < -0.3 is 9.67 Å². The molecule has 0 aromatic carbocycles. The highest BCUT2D eigenvalue weighted by atomic mass is 32.2. The molecule has 0 amide bonds. The van der Waals surface area contributed by atoms with Gasteiger partial charge in [-0.1, -0.05) is 0 Å². The zero-order valence-electron chi connectivity index (χ0n) is 7.72. The summed E-state index contributed by atoms with van der Waals surface area (Å²) in [5, 5.41) is 8.49. The van der Waals surface area contributed by atoms with Crippen LogP contribution in [-0.2, 0) is 10.5 Å². The fraction of sp³-hybridized carbons (Fsp3) is 0.556. The quantitative estimate of drug-likeness (QED) is 0.804. The van der Waals surface area contributed by atoms with E-state index in [4.69, 9.17) is 5.11 Å². The van der Waals surface area contributed by atoms with E-state index in [1.807, 2.05) is 12.5 Å². The molecule has 1 aliphatic carbocycles. The third kappa shape index (κ3) is 2.29. The van der Waals surface area contributed by atoms with Crippen molar-refractivity contribution in [1.29, 1.82) is 0 Å². The number of aromatic nitrogens is 2. The van der Waals surface area contributed by atoms with Gasteiger partial charge in [0.15, 0.2) is 0 Å². The normalized spacial score (nSPS) is 15.7. The molecule has 1 saturated carbocycles. The Bertz CT molecular complexity index is 333. The number of rotatable bonds is 5. The summed E-state index contributed by atoms with van der Waals surface area (Å²) in [6.07, 6.45) is 6.13. The van der Waals surface area contributed by atoms with Gasteiger partial charge in [-0.2, -0.15) is 0 Å². The molecule has 1 N–H and O–H groups in total. The van der Waals surface area contributed by atoms with Crippen molar-refractivity contribution in [3.05, 3.63) is 18.2 Å². The number of carbonyl (C=O) groups is 1. The van der Waals surface area contributed by atoms with E-state index >= 15 is 0 Å². The Morgan fingerprint density at radius 1 is 1.71 bits per heavy atom. The van der Waals surface area contributed by atoms with Crippen LogP contribution in [0.4, 0.5) is 0 Å². The van der Waals surface area contributed by atoms with Crippen LogP contribution in [0.1, 0.15) is 24.6 Å². The molecule has 5 heteroatoms.